The van der Waals surface area contributed by atoms with E-state index in [4.69, 9.17) is 26.8 Å². The third-order valence-corrected chi connectivity index (χ3v) is 5.56. The van der Waals surface area contributed by atoms with Gasteiger partial charge in [-0.15, -0.1) is 11.3 Å². The predicted molar refractivity (Wildman–Crippen MR) is 120 cm³/mol. The molecular formula is C22H17ClN2O6S. The number of thiophene rings is 1. The second-order valence-electron chi connectivity index (χ2n) is 6.39. The molecule has 10 heteroatoms. The quantitative estimate of drug-likeness (QED) is 0.504. The fourth-order valence-corrected chi connectivity index (χ4v) is 3.98. The summed E-state index contributed by atoms with van der Waals surface area (Å²) < 4.78 is 9.86. The summed E-state index contributed by atoms with van der Waals surface area (Å²) in [6.45, 7) is -0.587. The first kappa shape index (κ1) is 23.0. The molecule has 0 saturated carbocycles. The summed E-state index contributed by atoms with van der Waals surface area (Å²) in [7, 11) is 1.23. The number of ether oxygens (including phenoxy) is 2. The maximum atomic E-state index is 12.4. The van der Waals surface area contributed by atoms with Crippen molar-refractivity contribution < 1.29 is 28.7 Å². The number of nitrogens with one attached hydrogen (secondary N) is 1. The number of primary amides is 1. The van der Waals surface area contributed by atoms with Crippen molar-refractivity contribution in [2.75, 3.05) is 19.0 Å². The molecule has 2 amide bonds. The number of hydrogen-bond acceptors (Lipinski definition) is 7. The van der Waals surface area contributed by atoms with Crippen LogP contribution in [0.4, 0.5) is 5.00 Å². The van der Waals surface area contributed by atoms with Gasteiger partial charge in [0.25, 0.3) is 5.91 Å². The average molecular weight is 473 g/mol. The highest BCUT2D eigenvalue weighted by molar-refractivity contribution is 7.15. The van der Waals surface area contributed by atoms with Gasteiger partial charge < -0.3 is 20.5 Å². The SMILES string of the molecule is COC(=O)c1c(-c2ccccc2Cl)csc1NC(=O)COC(=O)c1ccc(C(N)=O)cc1. The highest BCUT2D eigenvalue weighted by atomic mass is 35.5. The van der Waals surface area contributed by atoms with Gasteiger partial charge in [0.2, 0.25) is 5.91 Å². The van der Waals surface area contributed by atoms with Crippen LogP contribution in [0, 0.1) is 0 Å². The molecule has 32 heavy (non-hydrogen) atoms. The number of methoxy groups -OCH3 is 1. The average Bonchev–Trinajstić information content (AvgIpc) is 3.20. The molecule has 8 nitrogen and oxygen atoms in total. The van der Waals surface area contributed by atoms with Crippen molar-refractivity contribution in [1.29, 1.82) is 0 Å². The van der Waals surface area contributed by atoms with Crippen LogP contribution < -0.4 is 11.1 Å². The van der Waals surface area contributed by atoms with E-state index in [0.717, 1.165) is 11.3 Å². The summed E-state index contributed by atoms with van der Waals surface area (Å²) in [5, 5.41) is 4.91. The normalized spacial score (nSPS) is 10.3. The van der Waals surface area contributed by atoms with Crippen molar-refractivity contribution in [3.63, 3.8) is 0 Å². The van der Waals surface area contributed by atoms with Crippen LogP contribution in [0.5, 0.6) is 0 Å². The second-order valence-corrected chi connectivity index (χ2v) is 7.68. The number of carbonyl (C=O) groups is 4. The molecule has 0 fully saturated rings. The zero-order valence-corrected chi connectivity index (χ0v) is 18.3. The van der Waals surface area contributed by atoms with Gasteiger partial charge in [0.1, 0.15) is 10.6 Å². The minimum Gasteiger partial charge on any atom is -0.465 e. The van der Waals surface area contributed by atoms with Crippen LogP contribution in [0.25, 0.3) is 11.1 Å². The zero-order valence-electron chi connectivity index (χ0n) is 16.7. The van der Waals surface area contributed by atoms with Crippen LogP contribution >= 0.6 is 22.9 Å². The molecule has 1 heterocycles. The number of halogens is 1. The number of anilines is 1. The van der Waals surface area contributed by atoms with E-state index in [9.17, 15) is 19.2 Å². The summed E-state index contributed by atoms with van der Waals surface area (Å²) in [4.78, 5) is 47.9. The van der Waals surface area contributed by atoms with E-state index in [2.05, 4.69) is 5.32 Å². The van der Waals surface area contributed by atoms with Crippen molar-refractivity contribution >= 4 is 51.7 Å². The minimum absolute atomic E-state index is 0.146. The Morgan fingerprint density at radius 2 is 1.62 bits per heavy atom. The number of nitrogens with two attached hydrogens (primary N) is 1. The fourth-order valence-electron chi connectivity index (χ4n) is 2.78. The number of hydrogen-bond donors (Lipinski definition) is 2. The number of esters is 2. The molecule has 0 saturated heterocycles. The van der Waals surface area contributed by atoms with Gasteiger partial charge in [-0.25, -0.2) is 9.59 Å². The third kappa shape index (κ3) is 5.13. The van der Waals surface area contributed by atoms with E-state index in [1.165, 1.54) is 31.4 Å². The molecule has 3 N–H and O–H groups in total. The summed E-state index contributed by atoms with van der Waals surface area (Å²) in [6, 6.07) is 12.4. The number of benzene rings is 2. The van der Waals surface area contributed by atoms with Gasteiger partial charge in [-0.05, 0) is 30.3 Å². The zero-order chi connectivity index (χ0) is 23.3. The molecule has 0 radical (unpaired) electrons. The highest BCUT2D eigenvalue weighted by Crippen LogP contribution is 2.39. The van der Waals surface area contributed by atoms with Gasteiger partial charge >= 0.3 is 11.9 Å². The monoisotopic (exact) mass is 472 g/mol. The summed E-state index contributed by atoms with van der Waals surface area (Å²) in [6.07, 6.45) is 0. The molecule has 0 aliphatic rings. The molecule has 164 valence electrons. The maximum Gasteiger partial charge on any atom is 0.341 e. The molecule has 3 rings (SSSR count). The van der Waals surface area contributed by atoms with Gasteiger partial charge in [-0.1, -0.05) is 29.8 Å². The first-order valence-corrected chi connectivity index (χ1v) is 10.4. The van der Waals surface area contributed by atoms with Crippen LogP contribution in [-0.4, -0.2) is 37.5 Å². The highest BCUT2D eigenvalue weighted by Gasteiger charge is 2.23. The van der Waals surface area contributed by atoms with E-state index in [-0.39, 0.29) is 21.7 Å². The van der Waals surface area contributed by atoms with Gasteiger partial charge in [0, 0.05) is 27.1 Å². The Labute approximate surface area is 191 Å². The standard InChI is InChI=1S/C22H17ClN2O6S/c1-30-22(29)18-15(14-4-2-3-5-16(14)23)11-32-20(18)25-17(26)10-31-21(28)13-8-6-12(7-9-13)19(24)27/h2-9,11H,10H2,1H3,(H2,24,27)(H,25,26). The summed E-state index contributed by atoms with van der Waals surface area (Å²) in [5.74, 6) is -2.68. The first-order chi connectivity index (χ1) is 15.3. The Kier molecular flexibility index (Phi) is 7.24. The van der Waals surface area contributed by atoms with Crippen LogP contribution in [0.15, 0.2) is 53.9 Å². The van der Waals surface area contributed by atoms with Crippen LogP contribution in [0.2, 0.25) is 5.02 Å². The maximum absolute atomic E-state index is 12.4. The molecule has 0 aliphatic heterocycles. The van der Waals surface area contributed by atoms with E-state index < -0.39 is 30.4 Å². The van der Waals surface area contributed by atoms with Gasteiger partial charge in [0.05, 0.1) is 12.7 Å². The molecule has 3 aromatic rings. The second kappa shape index (κ2) is 10.1. The fraction of sp³-hybridized carbons (Fsp3) is 0.0909. The lowest BCUT2D eigenvalue weighted by atomic mass is 10.0. The van der Waals surface area contributed by atoms with Gasteiger partial charge in [-0.2, -0.15) is 0 Å². The molecule has 0 bridgehead atoms. The Balaban J connectivity index is 1.72. The van der Waals surface area contributed by atoms with Crippen molar-refractivity contribution in [3.8, 4) is 11.1 Å². The largest absolute Gasteiger partial charge is 0.465 e. The topological polar surface area (TPSA) is 125 Å². The summed E-state index contributed by atoms with van der Waals surface area (Å²) in [5.41, 5.74) is 6.80. The Morgan fingerprint density at radius 1 is 0.969 bits per heavy atom. The number of amides is 2. The molecule has 0 spiro atoms. The molecule has 0 unspecified atom stereocenters. The lowest BCUT2D eigenvalue weighted by molar-refractivity contribution is -0.119. The van der Waals surface area contributed by atoms with E-state index >= 15 is 0 Å². The lowest BCUT2D eigenvalue weighted by Gasteiger charge is -2.09. The Bertz CT molecular complexity index is 1190. The van der Waals surface area contributed by atoms with Crippen molar-refractivity contribution in [3.05, 3.63) is 75.6 Å². The van der Waals surface area contributed by atoms with Crippen molar-refractivity contribution in [2.24, 2.45) is 5.73 Å². The van der Waals surface area contributed by atoms with Crippen LogP contribution in [0.3, 0.4) is 0 Å². The number of carbonyl (C=O) groups excluding carboxylic acids is 4. The molecule has 2 aromatic carbocycles. The number of rotatable bonds is 7. The first-order valence-electron chi connectivity index (χ1n) is 9.13. The van der Waals surface area contributed by atoms with E-state index in [1.807, 2.05) is 0 Å². The molecule has 0 aliphatic carbocycles. The molecule has 0 atom stereocenters. The van der Waals surface area contributed by atoms with Crippen molar-refractivity contribution in [2.45, 2.75) is 0 Å². The summed E-state index contributed by atoms with van der Waals surface area (Å²) >= 11 is 7.36. The lowest BCUT2D eigenvalue weighted by Crippen LogP contribution is -2.21. The predicted octanol–water partition coefficient (Wildman–Crippen LogP) is 3.75. The Hall–Kier alpha value is -3.69. The molecular weight excluding hydrogens is 456 g/mol. The van der Waals surface area contributed by atoms with Crippen LogP contribution in [-0.2, 0) is 14.3 Å². The van der Waals surface area contributed by atoms with E-state index in [0.29, 0.717) is 16.1 Å². The van der Waals surface area contributed by atoms with Crippen molar-refractivity contribution in [1.82, 2.24) is 0 Å². The molecule has 1 aromatic heterocycles. The van der Waals surface area contributed by atoms with Gasteiger partial charge in [-0.3, -0.25) is 9.59 Å². The van der Waals surface area contributed by atoms with Gasteiger partial charge in [0.15, 0.2) is 6.61 Å². The Morgan fingerprint density at radius 3 is 2.25 bits per heavy atom. The smallest absolute Gasteiger partial charge is 0.341 e. The minimum atomic E-state index is -0.757. The van der Waals surface area contributed by atoms with E-state index in [1.54, 1.807) is 29.6 Å². The van der Waals surface area contributed by atoms with Crippen LogP contribution in [0.1, 0.15) is 31.1 Å². The third-order valence-electron chi connectivity index (χ3n) is 4.34.